The molecule has 0 aromatic heterocycles. The van der Waals surface area contributed by atoms with Crippen LogP contribution in [0.25, 0.3) is 0 Å². The van der Waals surface area contributed by atoms with Gasteiger partial charge in [0, 0.05) is 11.1 Å². The van der Waals surface area contributed by atoms with Crippen molar-refractivity contribution in [2.45, 2.75) is 6.92 Å². The second-order valence-corrected chi connectivity index (χ2v) is 4.02. The molecule has 3 heteroatoms. The number of carbonyl (C=O) groups excluding carboxylic acids is 1. The second kappa shape index (κ2) is 6.05. The number of ketones is 1. The van der Waals surface area contributed by atoms with E-state index >= 15 is 0 Å². The van der Waals surface area contributed by atoms with E-state index in [0.29, 0.717) is 29.2 Å². The Bertz CT molecular complexity index is 576. The quantitative estimate of drug-likeness (QED) is 0.770. The summed E-state index contributed by atoms with van der Waals surface area (Å²) in [7, 11) is 1.58. The fourth-order valence-electron chi connectivity index (χ4n) is 1.82. The topological polar surface area (TPSA) is 35.5 Å². The van der Waals surface area contributed by atoms with E-state index in [0.717, 1.165) is 0 Å². The van der Waals surface area contributed by atoms with Gasteiger partial charge in [0.15, 0.2) is 5.78 Å². The summed E-state index contributed by atoms with van der Waals surface area (Å²) in [6.45, 7) is 2.49. The molecule has 2 aromatic carbocycles. The zero-order valence-electron chi connectivity index (χ0n) is 11.1. The highest BCUT2D eigenvalue weighted by Gasteiger charge is 2.10. The lowest BCUT2D eigenvalue weighted by molar-refractivity contribution is 0.103. The van der Waals surface area contributed by atoms with E-state index < -0.39 is 0 Å². The molecule has 0 radical (unpaired) electrons. The van der Waals surface area contributed by atoms with Crippen molar-refractivity contribution in [3.63, 3.8) is 0 Å². The summed E-state index contributed by atoms with van der Waals surface area (Å²) >= 11 is 0. The van der Waals surface area contributed by atoms with Gasteiger partial charge >= 0.3 is 0 Å². The SMILES string of the molecule is CCOc1cccc(C(=O)c2cccc(OC)c2)c1. The van der Waals surface area contributed by atoms with Crippen LogP contribution in [-0.4, -0.2) is 19.5 Å². The lowest BCUT2D eigenvalue weighted by atomic mass is 10.0. The molecule has 0 aliphatic heterocycles. The molecule has 0 atom stereocenters. The van der Waals surface area contributed by atoms with Crippen molar-refractivity contribution in [1.29, 1.82) is 0 Å². The van der Waals surface area contributed by atoms with Crippen molar-refractivity contribution in [2.75, 3.05) is 13.7 Å². The van der Waals surface area contributed by atoms with E-state index in [-0.39, 0.29) is 5.78 Å². The van der Waals surface area contributed by atoms with Gasteiger partial charge in [0.1, 0.15) is 11.5 Å². The first-order valence-electron chi connectivity index (χ1n) is 6.16. The van der Waals surface area contributed by atoms with Crippen molar-refractivity contribution in [2.24, 2.45) is 0 Å². The van der Waals surface area contributed by atoms with Crippen LogP contribution in [0, 0.1) is 0 Å². The molecule has 0 N–H and O–H groups in total. The van der Waals surface area contributed by atoms with Crippen LogP contribution in [0.5, 0.6) is 11.5 Å². The molecule has 2 aromatic rings. The van der Waals surface area contributed by atoms with Crippen molar-refractivity contribution in [3.05, 3.63) is 59.7 Å². The van der Waals surface area contributed by atoms with E-state index in [4.69, 9.17) is 9.47 Å². The molecule has 3 nitrogen and oxygen atoms in total. The molecule has 0 amide bonds. The molecule has 98 valence electrons. The monoisotopic (exact) mass is 256 g/mol. The molecule has 19 heavy (non-hydrogen) atoms. The molecule has 0 fully saturated rings. The van der Waals surface area contributed by atoms with Crippen LogP contribution in [0.2, 0.25) is 0 Å². The smallest absolute Gasteiger partial charge is 0.193 e. The number of hydrogen-bond acceptors (Lipinski definition) is 3. The summed E-state index contributed by atoms with van der Waals surface area (Å²) in [5.41, 5.74) is 1.22. The maximum Gasteiger partial charge on any atom is 0.193 e. The largest absolute Gasteiger partial charge is 0.497 e. The molecule has 0 spiro atoms. The predicted molar refractivity (Wildman–Crippen MR) is 74.0 cm³/mol. The van der Waals surface area contributed by atoms with Crippen LogP contribution in [0.3, 0.4) is 0 Å². The molecular weight excluding hydrogens is 240 g/mol. The zero-order chi connectivity index (χ0) is 13.7. The summed E-state index contributed by atoms with van der Waals surface area (Å²) < 4.78 is 10.5. The standard InChI is InChI=1S/C16H16O3/c1-3-19-15-9-5-7-13(11-15)16(17)12-6-4-8-14(10-12)18-2/h4-11H,3H2,1-2H3. The third-order valence-corrected chi connectivity index (χ3v) is 2.74. The third-order valence-electron chi connectivity index (χ3n) is 2.74. The Morgan fingerprint density at radius 1 is 1.00 bits per heavy atom. The number of rotatable bonds is 5. The Balaban J connectivity index is 2.30. The number of carbonyl (C=O) groups is 1. The molecule has 0 heterocycles. The van der Waals surface area contributed by atoms with E-state index in [2.05, 4.69) is 0 Å². The van der Waals surface area contributed by atoms with Gasteiger partial charge in [-0.1, -0.05) is 24.3 Å². The highest BCUT2D eigenvalue weighted by atomic mass is 16.5. The van der Waals surface area contributed by atoms with Crippen LogP contribution in [0.4, 0.5) is 0 Å². The van der Waals surface area contributed by atoms with Crippen molar-refractivity contribution >= 4 is 5.78 Å². The zero-order valence-corrected chi connectivity index (χ0v) is 11.1. The fraction of sp³-hybridized carbons (Fsp3) is 0.188. The Hall–Kier alpha value is -2.29. The van der Waals surface area contributed by atoms with Gasteiger partial charge in [-0.15, -0.1) is 0 Å². The first-order chi connectivity index (χ1) is 9.24. The minimum absolute atomic E-state index is 0.0412. The Labute approximate surface area is 112 Å². The van der Waals surface area contributed by atoms with Gasteiger partial charge in [0.05, 0.1) is 13.7 Å². The fourth-order valence-corrected chi connectivity index (χ4v) is 1.82. The molecular formula is C16H16O3. The summed E-state index contributed by atoms with van der Waals surface area (Å²) in [5.74, 6) is 1.34. The molecule has 0 bridgehead atoms. The van der Waals surface area contributed by atoms with Gasteiger partial charge in [-0.05, 0) is 31.2 Å². The second-order valence-electron chi connectivity index (χ2n) is 4.02. The first kappa shape index (κ1) is 13.1. The molecule has 0 aliphatic rings. The normalized spacial score (nSPS) is 10.0. The summed E-state index contributed by atoms with van der Waals surface area (Å²) in [5, 5.41) is 0. The number of ether oxygens (including phenoxy) is 2. The first-order valence-corrected chi connectivity index (χ1v) is 6.16. The maximum atomic E-state index is 12.4. The van der Waals surface area contributed by atoms with Crippen molar-refractivity contribution in [1.82, 2.24) is 0 Å². The molecule has 0 saturated carbocycles. The van der Waals surface area contributed by atoms with Gasteiger partial charge < -0.3 is 9.47 Å². The number of methoxy groups -OCH3 is 1. The van der Waals surface area contributed by atoms with E-state index in [9.17, 15) is 4.79 Å². The predicted octanol–water partition coefficient (Wildman–Crippen LogP) is 3.32. The van der Waals surface area contributed by atoms with Crippen LogP contribution >= 0.6 is 0 Å². The van der Waals surface area contributed by atoms with Gasteiger partial charge in [0.25, 0.3) is 0 Å². The van der Waals surface area contributed by atoms with Crippen LogP contribution < -0.4 is 9.47 Å². The van der Waals surface area contributed by atoms with Crippen LogP contribution in [0.15, 0.2) is 48.5 Å². The van der Waals surface area contributed by atoms with Gasteiger partial charge in [0.2, 0.25) is 0 Å². The third kappa shape index (κ3) is 3.13. The highest BCUT2D eigenvalue weighted by Crippen LogP contribution is 2.19. The van der Waals surface area contributed by atoms with E-state index in [1.54, 1.807) is 37.4 Å². The average Bonchev–Trinajstić information content (AvgIpc) is 2.47. The Kier molecular flexibility index (Phi) is 4.18. The summed E-state index contributed by atoms with van der Waals surface area (Å²) in [6, 6.07) is 14.3. The minimum atomic E-state index is -0.0412. The number of benzene rings is 2. The van der Waals surface area contributed by atoms with E-state index in [1.807, 2.05) is 25.1 Å². The number of hydrogen-bond donors (Lipinski definition) is 0. The van der Waals surface area contributed by atoms with Gasteiger partial charge in [-0.3, -0.25) is 4.79 Å². The lowest BCUT2D eigenvalue weighted by Crippen LogP contribution is -2.02. The Morgan fingerprint density at radius 3 is 2.16 bits per heavy atom. The molecule has 0 unspecified atom stereocenters. The van der Waals surface area contributed by atoms with Gasteiger partial charge in [-0.2, -0.15) is 0 Å². The summed E-state index contributed by atoms with van der Waals surface area (Å²) in [6.07, 6.45) is 0. The Morgan fingerprint density at radius 2 is 1.58 bits per heavy atom. The lowest BCUT2D eigenvalue weighted by Gasteiger charge is -2.06. The van der Waals surface area contributed by atoms with Crippen molar-refractivity contribution < 1.29 is 14.3 Å². The maximum absolute atomic E-state index is 12.4. The minimum Gasteiger partial charge on any atom is -0.497 e. The average molecular weight is 256 g/mol. The van der Waals surface area contributed by atoms with Gasteiger partial charge in [-0.25, -0.2) is 0 Å². The van der Waals surface area contributed by atoms with Crippen LogP contribution in [-0.2, 0) is 0 Å². The van der Waals surface area contributed by atoms with Crippen molar-refractivity contribution in [3.8, 4) is 11.5 Å². The van der Waals surface area contributed by atoms with E-state index in [1.165, 1.54) is 0 Å². The molecule has 0 aliphatic carbocycles. The summed E-state index contributed by atoms with van der Waals surface area (Å²) in [4.78, 5) is 12.4. The molecule has 0 saturated heterocycles. The molecule has 2 rings (SSSR count). The van der Waals surface area contributed by atoms with Crippen LogP contribution in [0.1, 0.15) is 22.8 Å². The highest BCUT2D eigenvalue weighted by molar-refractivity contribution is 6.09.